The Morgan fingerprint density at radius 3 is 2.54 bits per heavy atom. The van der Waals surface area contributed by atoms with Crippen LogP contribution in [-0.4, -0.2) is 33.1 Å². The summed E-state index contributed by atoms with van der Waals surface area (Å²) in [7, 11) is 0. The molecule has 1 aromatic carbocycles. The van der Waals surface area contributed by atoms with Crippen molar-refractivity contribution in [1.82, 2.24) is 15.1 Å². The van der Waals surface area contributed by atoms with Crippen LogP contribution < -0.4 is 5.32 Å². The van der Waals surface area contributed by atoms with Crippen molar-refractivity contribution in [1.29, 1.82) is 0 Å². The lowest BCUT2D eigenvalue weighted by Crippen LogP contribution is -2.38. The van der Waals surface area contributed by atoms with Crippen LogP contribution in [0.15, 0.2) is 24.3 Å². The zero-order valence-electron chi connectivity index (χ0n) is 15.9. The van der Waals surface area contributed by atoms with Crippen molar-refractivity contribution in [2.45, 2.75) is 71.5 Å². The molecular formula is C20H28N4OS. The number of anilines is 1. The summed E-state index contributed by atoms with van der Waals surface area (Å²) >= 11 is 1.40. The second-order valence-corrected chi connectivity index (χ2v) is 8.27. The Hall–Kier alpha value is -1.79. The molecule has 1 fully saturated rings. The average molecular weight is 373 g/mol. The van der Waals surface area contributed by atoms with Crippen LogP contribution in [0.4, 0.5) is 5.69 Å². The van der Waals surface area contributed by atoms with E-state index in [1.54, 1.807) is 0 Å². The molecule has 1 saturated carbocycles. The maximum Gasteiger partial charge on any atom is 0.286 e. The monoisotopic (exact) mass is 372 g/mol. The number of hydrogen-bond acceptors (Lipinski definition) is 5. The first kappa shape index (κ1) is 19.0. The van der Waals surface area contributed by atoms with Gasteiger partial charge in [0, 0.05) is 17.8 Å². The van der Waals surface area contributed by atoms with Crippen molar-refractivity contribution in [3.63, 3.8) is 0 Å². The molecule has 2 aromatic rings. The number of rotatable bonds is 7. The molecule has 0 radical (unpaired) electrons. The summed E-state index contributed by atoms with van der Waals surface area (Å²) in [6.07, 6.45) is 6.14. The Morgan fingerprint density at radius 1 is 1.23 bits per heavy atom. The van der Waals surface area contributed by atoms with Gasteiger partial charge in [0.15, 0.2) is 0 Å². The standard InChI is InChI=1S/C20H28N4OS/c1-4-15-9-11-16(12-10-15)21-19(25)20-23-22-18(26-20)13-24(14(2)3)17-7-5-6-8-17/h9-12,14,17H,4-8,13H2,1-3H3,(H,21,25). The zero-order valence-corrected chi connectivity index (χ0v) is 16.7. The van der Waals surface area contributed by atoms with Gasteiger partial charge in [-0.3, -0.25) is 9.69 Å². The van der Waals surface area contributed by atoms with Crippen LogP contribution in [0.3, 0.4) is 0 Å². The molecule has 0 unspecified atom stereocenters. The summed E-state index contributed by atoms with van der Waals surface area (Å²) in [6.45, 7) is 7.35. The number of aromatic nitrogens is 2. The van der Waals surface area contributed by atoms with E-state index in [2.05, 4.69) is 41.2 Å². The molecule has 3 rings (SSSR count). The van der Waals surface area contributed by atoms with Gasteiger partial charge in [0.05, 0.1) is 6.54 Å². The Morgan fingerprint density at radius 2 is 1.92 bits per heavy atom. The summed E-state index contributed by atoms with van der Waals surface area (Å²) in [6, 6.07) is 9.02. The van der Waals surface area contributed by atoms with Gasteiger partial charge >= 0.3 is 0 Å². The Balaban J connectivity index is 1.63. The molecule has 26 heavy (non-hydrogen) atoms. The third-order valence-corrected chi connectivity index (χ3v) is 5.96. The van der Waals surface area contributed by atoms with Gasteiger partial charge in [-0.05, 0) is 50.8 Å². The minimum Gasteiger partial charge on any atom is -0.320 e. The Labute approximate surface area is 159 Å². The summed E-state index contributed by atoms with van der Waals surface area (Å²) in [5, 5.41) is 12.6. The van der Waals surface area contributed by atoms with Crippen molar-refractivity contribution < 1.29 is 4.79 Å². The fourth-order valence-electron chi connectivity index (χ4n) is 3.54. The fraction of sp³-hybridized carbons (Fsp3) is 0.550. The second kappa shape index (κ2) is 8.73. The summed E-state index contributed by atoms with van der Waals surface area (Å²) < 4.78 is 0. The third-order valence-electron chi connectivity index (χ3n) is 5.06. The number of carbonyl (C=O) groups is 1. The van der Waals surface area contributed by atoms with Gasteiger partial charge in [-0.15, -0.1) is 10.2 Å². The summed E-state index contributed by atoms with van der Waals surface area (Å²) in [5.74, 6) is -0.185. The van der Waals surface area contributed by atoms with E-state index in [1.165, 1.54) is 42.6 Å². The quantitative estimate of drug-likeness (QED) is 0.777. The number of benzene rings is 1. The van der Waals surface area contributed by atoms with E-state index in [1.807, 2.05) is 24.3 Å². The fourth-order valence-corrected chi connectivity index (χ4v) is 4.29. The molecule has 0 aliphatic heterocycles. The highest BCUT2D eigenvalue weighted by Gasteiger charge is 2.26. The molecule has 0 saturated heterocycles. The lowest BCUT2D eigenvalue weighted by atomic mass is 10.1. The highest BCUT2D eigenvalue weighted by atomic mass is 32.1. The van der Waals surface area contributed by atoms with E-state index in [-0.39, 0.29) is 5.91 Å². The number of nitrogens with one attached hydrogen (secondary N) is 1. The van der Waals surface area contributed by atoms with Crippen molar-refractivity contribution in [2.75, 3.05) is 5.32 Å². The minimum atomic E-state index is -0.185. The van der Waals surface area contributed by atoms with Gasteiger partial charge in [-0.2, -0.15) is 0 Å². The van der Waals surface area contributed by atoms with Crippen LogP contribution in [0.2, 0.25) is 0 Å². The minimum absolute atomic E-state index is 0.185. The lowest BCUT2D eigenvalue weighted by molar-refractivity contribution is 0.102. The highest BCUT2D eigenvalue weighted by Crippen LogP contribution is 2.27. The van der Waals surface area contributed by atoms with E-state index in [4.69, 9.17) is 0 Å². The molecule has 1 N–H and O–H groups in total. The van der Waals surface area contributed by atoms with Gasteiger partial charge in [0.25, 0.3) is 5.91 Å². The topological polar surface area (TPSA) is 58.1 Å². The molecule has 1 aliphatic rings. The first-order chi connectivity index (χ1) is 12.6. The first-order valence-corrected chi connectivity index (χ1v) is 10.4. The molecule has 1 aromatic heterocycles. The molecule has 6 heteroatoms. The third kappa shape index (κ3) is 4.68. The number of hydrogen-bond donors (Lipinski definition) is 1. The van der Waals surface area contributed by atoms with Crippen molar-refractivity contribution in [3.05, 3.63) is 39.8 Å². The molecular weight excluding hydrogens is 344 g/mol. The van der Waals surface area contributed by atoms with Crippen LogP contribution in [0.5, 0.6) is 0 Å². The maximum absolute atomic E-state index is 12.4. The van der Waals surface area contributed by atoms with Crippen molar-refractivity contribution in [2.24, 2.45) is 0 Å². The molecule has 0 spiro atoms. The molecule has 140 valence electrons. The largest absolute Gasteiger partial charge is 0.320 e. The Kier molecular flexibility index (Phi) is 6.38. The molecule has 1 heterocycles. The van der Waals surface area contributed by atoms with Gasteiger partial charge < -0.3 is 5.32 Å². The smallest absolute Gasteiger partial charge is 0.286 e. The number of aryl methyl sites for hydroxylation is 1. The zero-order chi connectivity index (χ0) is 18.5. The number of amides is 1. The van der Waals surface area contributed by atoms with Crippen LogP contribution in [0, 0.1) is 0 Å². The SMILES string of the molecule is CCc1ccc(NC(=O)c2nnc(CN(C(C)C)C3CCCC3)s2)cc1. The average Bonchev–Trinajstić information content (AvgIpc) is 3.32. The van der Waals surface area contributed by atoms with E-state index in [9.17, 15) is 4.79 Å². The van der Waals surface area contributed by atoms with E-state index < -0.39 is 0 Å². The van der Waals surface area contributed by atoms with E-state index in [0.29, 0.717) is 17.1 Å². The van der Waals surface area contributed by atoms with Gasteiger partial charge in [-0.25, -0.2) is 0 Å². The van der Waals surface area contributed by atoms with Gasteiger partial charge in [-0.1, -0.05) is 43.2 Å². The van der Waals surface area contributed by atoms with Crippen molar-refractivity contribution in [3.8, 4) is 0 Å². The number of nitrogens with zero attached hydrogens (tertiary/aromatic N) is 3. The lowest BCUT2D eigenvalue weighted by Gasteiger charge is -2.31. The summed E-state index contributed by atoms with van der Waals surface area (Å²) in [4.78, 5) is 14.9. The second-order valence-electron chi connectivity index (χ2n) is 7.21. The normalized spacial score (nSPS) is 15.1. The molecule has 1 amide bonds. The molecule has 0 bridgehead atoms. The van der Waals surface area contributed by atoms with E-state index in [0.717, 1.165) is 23.7 Å². The van der Waals surface area contributed by atoms with Gasteiger partial charge in [0.2, 0.25) is 5.01 Å². The number of carbonyl (C=O) groups excluding carboxylic acids is 1. The molecule has 1 aliphatic carbocycles. The highest BCUT2D eigenvalue weighted by molar-refractivity contribution is 7.13. The van der Waals surface area contributed by atoms with Crippen LogP contribution >= 0.6 is 11.3 Å². The molecule has 0 atom stereocenters. The summed E-state index contributed by atoms with van der Waals surface area (Å²) in [5.41, 5.74) is 2.04. The van der Waals surface area contributed by atoms with Crippen molar-refractivity contribution >= 4 is 22.9 Å². The van der Waals surface area contributed by atoms with Crippen LogP contribution in [-0.2, 0) is 13.0 Å². The molecule has 5 nitrogen and oxygen atoms in total. The maximum atomic E-state index is 12.4. The van der Waals surface area contributed by atoms with Crippen LogP contribution in [0.25, 0.3) is 0 Å². The predicted molar refractivity (Wildman–Crippen MR) is 107 cm³/mol. The Bertz CT molecular complexity index is 720. The van der Waals surface area contributed by atoms with E-state index >= 15 is 0 Å². The predicted octanol–water partition coefficient (Wildman–Crippen LogP) is 4.51. The van der Waals surface area contributed by atoms with Gasteiger partial charge in [0.1, 0.15) is 5.01 Å². The first-order valence-electron chi connectivity index (χ1n) is 9.55. The van der Waals surface area contributed by atoms with Crippen LogP contribution in [0.1, 0.15) is 66.8 Å².